The smallest absolute Gasteiger partial charge is 0.269 e. The summed E-state index contributed by atoms with van der Waals surface area (Å²) >= 11 is 0. The third-order valence-electron chi connectivity index (χ3n) is 2.66. The Morgan fingerprint density at radius 1 is 1.37 bits per heavy atom. The number of ether oxygens (including phenoxy) is 1. The Balaban J connectivity index is 2.44. The third kappa shape index (κ3) is 2.94. The van der Waals surface area contributed by atoms with Gasteiger partial charge in [-0.3, -0.25) is 10.2 Å². The fourth-order valence-electron chi connectivity index (χ4n) is 1.80. The maximum atomic E-state index is 11.9. The minimum Gasteiger partial charge on any atom is -0.458 e. The number of benzene rings is 1. The first-order valence-electron chi connectivity index (χ1n) is 6.07. The summed E-state index contributed by atoms with van der Waals surface area (Å²) in [6, 6.07) is 7.33. The van der Waals surface area contributed by atoms with E-state index in [0.717, 1.165) is 5.39 Å². The van der Waals surface area contributed by atoms with Crippen LogP contribution in [0, 0.1) is 0 Å². The van der Waals surface area contributed by atoms with Gasteiger partial charge in [-0.1, -0.05) is 18.2 Å². The van der Waals surface area contributed by atoms with Crippen LogP contribution < -0.4 is 11.3 Å². The molecule has 0 saturated heterocycles. The number of para-hydroxylation sites is 1. The number of rotatable bonds is 3. The minimum atomic E-state index is -0.377. The Labute approximate surface area is 111 Å². The summed E-state index contributed by atoms with van der Waals surface area (Å²) in [5.41, 5.74) is 2.91. The molecule has 5 nitrogen and oxygen atoms in total. The van der Waals surface area contributed by atoms with E-state index in [1.807, 2.05) is 45.0 Å². The number of hydrogen-bond acceptors (Lipinski definition) is 4. The van der Waals surface area contributed by atoms with Crippen LogP contribution >= 0.6 is 0 Å². The monoisotopic (exact) mass is 262 g/mol. The van der Waals surface area contributed by atoms with Gasteiger partial charge in [0.1, 0.15) is 18.0 Å². The van der Waals surface area contributed by atoms with Crippen molar-refractivity contribution in [3.05, 3.63) is 35.6 Å². The summed E-state index contributed by atoms with van der Waals surface area (Å²) in [5.74, 6) is 5.33. The first kappa shape index (κ1) is 13.6. The van der Waals surface area contributed by atoms with E-state index in [1.165, 1.54) is 0 Å². The molecule has 1 aromatic heterocycles. The molecule has 0 fully saturated rings. The van der Waals surface area contributed by atoms with Gasteiger partial charge in [0, 0.05) is 5.39 Å². The summed E-state index contributed by atoms with van der Waals surface area (Å²) in [4.78, 5) is 11.9. The molecular weight excluding hydrogens is 244 g/mol. The largest absolute Gasteiger partial charge is 0.458 e. The van der Waals surface area contributed by atoms with E-state index in [4.69, 9.17) is 15.0 Å². The number of furan rings is 1. The van der Waals surface area contributed by atoms with Crippen LogP contribution in [0.3, 0.4) is 0 Å². The molecule has 1 amide bonds. The van der Waals surface area contributed by atoms with Crippen molar-refractivity contribution in [1.82, 2.24) is 5.43 Å². The average molecular weight is 262 g/mol. The molecule has 0 radical (unpaired) electrons. The third-order valence-corrected chi connectivity index (χ3v) is 2.66. The maximum Gasteiger partial charge on any atom is 0.269 e. The first-order chi connectivity index (χ1) is 8.92. The van der Waals surface area contributed by atoms with E-state index in [-0.39, 0.29) is 18.1 Å². The Hall–Kier alpha value is -1.85. The fourth-order valence-corrected chi connectivity index (χ4v) is 1.80. The van der Waals surface area contributed by atoms with Crippen molar-refractivity contribution in [3.8, 4) is 0 Å². The van der Waals surface area contributed by atoms with Crippen molar-refractivity contribution in [1.29, 1.82) is 0 Å². The van der Waals surface area contributed by atoms with Crippen LogP contribution in [0.5, 0.6) is 0 Å². The topological polar surface area (TPSA) is 77.5 Å². The number of nitrogen functional groups attached to an aromatic ring is 1. The highest BCUT2D eigenvalue weighted by molar-refractivity contribution is 6.06. The van der Waals surface area contributed by atoms with E-state index in [2.05, 4.69) is 5.43 Å². The van der Waals surface area contributed by atoms with Crippen molar-refractivity contribution in [2.75, 3.05) is 0 Å². The number of hydrazine groups is 1. The van der Waals surface area contributed by atoms with Crippen molar-refractivity contribution in [3.63, 3.8) is 0 Å². The standard InChI is InChI=1S/C14H18N2O3/c1-14(2,3)18-8-11-12(13(17)16-15)9-6-4-5-7-10(9)19-11/h4-7H,8,15H2,1-3H3,(H,16,17). The summed E-state index contributed by atoms with van der Waals surface area (Å²) in [5, 5.41) is 0.734. The van der Waals surface area contributed by atoms with Gasteiger partial charge in [0.2, 0.25) is 0 Å². The molecule has 0 spiro atoms. The van der Waals surface area contributed by atoms with Crippen LogP contribution in [0.15, 0.2) is 28.7 Å². The minimum absolute atomic E-state index is 0.223. The molecule has 0 aliphatic heterocycles. The van der Waals surface area contributed by atoms with Gasteiger partial charge in [0.05, 0.1) is 11.2 Å². The van der Waals surface area contributed by atoms with Gasteiger partial charge in [-0.05, 0) is 26.8 Å². The molecule has 1 aromatic carbocycles. The lowest BCUT2D eigenvalue weighted by Gasteiger charge is -2.18. The molecule has 19 heavy (non-hydrogen) atoms. The molecule has 0 unspecified atom stereocenters. The Morgan fingerprint density at radius 3 is 2.68 bits per heavy atom. The highest BCUT2D eigenvalue weighted by Crippen LogP contribution is 2.27. The van der Waals surface area contributed by atoms with E-state index in [0.29, 0.717) is 16.9 Å². The Kier molecular flexibility index (Phi) is 3.59. The van der Waals surface area contributed by atoms with Crippen molar-refractivity contribution < 1.29 is 13.9 Å². The molecule has 5 heteroatoms. The predicted molar refractivity (Wildman–Crippen MR) is 72.4 cm³/mol. The lowest BCUT2D eigenvalue weighted by atomic mass is 10.1. The normalized spacial score (nSPS) is 11.8. The zero-order valence-electron chi connectivity index (χ0n) is 11.3. The van der Waals surface area contributed by atoms with E-state index >= 15 is 0 Å². The van der Waals surface area contributed by atoms with Crippen LogP contribution in [0.25, 0.3) is 11.0 Å². The van der Waals surface area contributed by atoms with E-state index in [1.54, 1.807) is 0 Å². The molecule has 0 atom stereocenters. The molecule has 0 saturated carbocycles. The van der Waals surface area contributed by atoms with Crippen molar-refractivity contribution in [2.45, 2.75) is 33.0 Å². The second kappa shape index (κ2) is 5.03. The van der Waals surface area contributed by atoms with Gasteiger partial charge < -0.3 is 9.15 Å². The number of carbonyl (C=O) groups is 1. The summed E-state index contributed by atoms with van der Waals surface area (Å²) in [6.07, 6.45) is 0. The number of nitrogens with one attached hydrogen (secondary N) is 1. The van der Waals surface area contributed by atoms with E-state index in [9.17, 15) is 4.79 Å². The molecular formula is C14H18N2O3. The van der Waals surface area contributed by atoms with Crippen LogP contribution in [0.1, 0.15) is 36.9 Å². The highest BCUT2D eigenvalue weighted by atomic mass is 16.5. The summed E-state index contributed by atoms with van der Waals surface area (Å²) in [6.45, 7) is 6.05. The second-order valence-corrected chi connectivity index (χ2v) is 5.27. The lowest BCUT2D eigenvalue weighted by Crippen LogP contribution is -2.30. The van der Waals surface area contributed by atoms with Crippen LogP contribution in [0.2, 0.25) is 0 Å². The van der Waals surface area contributed by atoms with Crippen LogP contribution in [-0.4, -0.2) is 11.5 Å². The SMILES string of the molecule is CC(C)(C)OCc1oc2ccccc2c1C(=O)NN. The molecule has 0 aliphatic rings. The quantitative estimate of drug-likeness (QED) is 0.505. The molecule has 3 N–H and O–H groups in total. The molecule has 2 aromatic rings. The molecule has 102 valence electrons. The van der Waals surface area contributed by atoms with E-state index < -0.39 is 0 Å². The van der Waals surface area contributed by atoms with Gasteiger partial charge in [0.25, 0.3) is 5.91 Å². The average Bonchev–Trinajstić information content (AvgIpc) is 2.73. The second-order valence-electron chi connectivity index (χ2n) is 5.27. The molecule has 1 heterocycles. The van der Waals surface area contributed by atoms with Crippen molar-refractivity contribution in [2.24, 2.45) is 5.84 Å². The predicted octanol–water partition coefficient (Wildman–Crippen LogP) is 2.35. The van der Waals surface area contributed by atoms with Crippen molar-refractivity contribution >= 4 is 16.9 Å². The number of amides is 1. The fraction of sp³-hybridized carbons (Fsp3) is 0.357. The number of fused-ring (bicyclic) bond motifs is 1. The lowest BCUT2D eigenvalue weighted by molar-refractivity contribution is -0.0222. The van der Waals surface area contributed by atoms with Gasteiger partial charge in [-0.15, -0.1) is 0 Å². The van der Waals surface area contributed by atoms with Gasteiger partial charge >= 0.3 is 0 Å². The van der Waals surface area contributed by atoms with Gasteiger partial charge in [-0.2, -0.15) is 0 Å². The molecule has 0 aliphatic carbocycles. The number of hydrogen-bond donors (Lipinski definition) is 2. The van der Waals surface area contributed by atoms with Crippen LogP contribution in [0.4, 0.5) is 0 Å². The van der Waals surface area contributed by atoms with Crippen LogP contribution in [-0.2, 0) is 11.3 Å². The van der Waals surface area contributed by atoms with Gasteiger partial charge in [0.15, 0.2) is 0 Å². The maximum absolute atomic E-state index is 11.9. The zero-order valence-corrected chi connectivity index (χ0v) is 11.3. The summed E-state index contributed by atoms with van der Waals surface area (Å²) in [7, 11) is 0. The number of carbonyl (C=O) groups excluding carboxylic acids is 1. The summed E-state index contributed by atoms with van der Waals surface area (Å²) < 4.78 is 11.3. The zero-order chi connectivity index (χ0) is 14.0. The molecule has 2 rings (SSSR count). The Morgan fingerprint density at radius 2 is 2.05 bits per heavy atom. The van der Waals surface area contributed by atoms with Gasteiger partial charge in [-0.25, -0.2) is 5.84 Å². The Bertz CT molecular complexity index is 596. The highest BCUT2D eigenvalue weighted by Gasteiger charge is 2.21. The number of nitrogens with two attached hydrogens (primary N) is 1. The first-order valence-corrected chi connectivity index (χ1v) is 6.07. The molecule has 0 bridgehead atoms.